The first-order chi connectivity index (χ1) is 11.5. The Balaban J connectivity index is 2.00. The summed E-state index contributed by atoms with van der Waals surface area (Å²) in [6.07, 6.45) is 1.71. The Kier molecular flexibility index (Phi) is 4.71. The van der Waals surface area contributed by atoms with Gasteiger partial charge in [-0.25, -0.2) is 4.98 Å². The summed E-state index contributed by atoms with van der Waals surface area (Å²) in [4.78, 5) is 21.7. The average Bonchev–Trinajstić information content (AvgIpc) is 2.59. The van der Waals surface area contributed by atoms with Crippen molar-refractivity contribution in [3.63, 3.8) is 0 Å². The number of likely N-dealkylation sites (tertiary alicyclic amines) is 1. The van der Waals surface area contributed by atoms with Crippen molar-refractivity contribution >= 4 is 22.6 Å². The van der Waals surface area contributed by atoms with Crippen LogP contribution in [-0.4, -0.2) is 54.2 Å². The molecular weight excluding hydrogens is 302 g/mol. The largest absolute Gasteiger partial charge is 0.396 e. The lowest BCUT2D eigenvalue weighted by Crippen LogP contribution is -2.45. The van der Waals surface area contributed by atoms with E-state index in [2.05, 4.69) is 11.9 Å². The van der Waals surface area contributed by atoms with Gasteiger partial charge >= 0.3 is 0 Å². The van der Waals surface area contributed by atoms with Gasteiger partial charge in [-0.15, -0.1) is 0 Å². The van der Waals surface area contributed by atoms with E-state index in [1.165, 1.54) is 0 Å². The molecule has 128 valence electrons. The third kappa shape index (κ3) is 3.08. The number of para-hydroxylation sites is 1. The lowest BCUT2D eigenvalue weighted by atomic mass is 9.91. The Morgan fingerprint density at radius 2 is 2.12 bits per heavy atom. The SMILES string of the molecule is C[C@H]1C[C@@H](CO)CCN1C(=O)c1cc(N(C)C)nc2ccccc12. The standard InChI is InChI=1S/C19H25N3O2/c1-13-10-14(12-23)8-9-22(13)19(24)16-11-18(21(2)3)20-17-7-5-4-6-15(16)17/h4-7,11,13-14,23H,8-10,12H2,1-3H3/t13-,14-/m0/s1. The van der Waals surface area contributed by atoms with E-state index >= 15 is 0 Å². The number of amides is 1. The molecule has 2 heterocycles. The molecule has 1 saturated heterocycles. The summed E-state index contributed by atoms with van der Waals surface area (Å²) < 4.78 is 0. The number of anilines is 1. The van der Waals surface area contributed by atoms with Gasteiger partial charge in [-0.3, -0.25) is 4.79 Å². The molecule has 0 spiro atoms. The van der Waals surface area contributed by atoms with E-state index in [4.69, 9.17) is 0 Å². The summed E-state index contributed by atoms with van der Waals surface area (Å²) in [5.41, 5.74) is 1.54. The summed E-state index contributed by atoms with van der Waals surface area (Å²) in [5.74, 6) is 1.14. The molecule has 5 heteroatoms. The van der Waals surface area contributed by atoms with Gasteiger partial charge in [-0.05, 0) is 37.8 Å². The first-order valence-electron chi connectivity index (χ1n) is 8.50. The second-order valence-electron chi connectivity index (χ2n) is 6.86. The molecule has 1 aromatic carbocycles. The molecule has 0 bridgehead atoms. The van der Waals surface area contributed by atoms with Crippen LogP contribution in [0.25, 0.3) is 10.9 Å². The molecule has 0 unspecified atom stereocenters. The van der Waals surface area contributed by atoms with E-state index in [-0.39, 0.29) is 18.6 Å². The van der Waals surface area contributed by atoms with Crippen LogP contribution in [0.2, 0.25) is 0 Å². The number of aliphatic hydroxyl groups is 1. The maximum Gasteiger partial charge on any atom is 0.254 e. The second-order valence-corrected chi connectivity index (χ2v) is 6.86. The Morgan fingerprint density at radius 1 is 1.38 bits per heavy atom. The predicted octanol–water partition coefficient (Wildman–Crippen LogP) is 2.53. The van der Waals surface area contributed by atoms with Crippen molar-refractivity contribution < 1.29 is 9.90 Å². The summed E-state index contributed by atoms with van der Waals surface area (Å²) in [6.45, 7) is 2.96. The quantitative estimate of drug-likeness (QED) is 0.941. The molecule has 24 heavy (non-hydrogen) atoms. The third-order valence-electron chi connectivity index (χ3n) is 4.90. The van der Waals surface area contributed by atoms with Gasteiger partial charge in [0.2, 0.25) is 0 Å². The Hall–Kier alpha value is -2.14. The molecule has 0 radical (unpaired) electrons. The molecule has 5 nitrogen and oxygen atoms in total. The van der Waals surface area contributed by atoms with Crippen LogP contribution in [0.15, 0.2) is 30.3 Å². The van der Waals surface area contributed by atoms with Gasteiger partial charge in [0.15, 0.2) is 0 Å². The highest BCUT2D eigenvalue weighted by atomic mass is 16.3. The molecule has 0 saturated carbocycles. The smallest absolute Gasteiger partial charge is 0.254 e. The number of rotatable bonds is 3. The van der Waals surface area contributed by atoms with E-state index in [0.29, 0.717) is 18.0 Å². The predicted molar refractivity (Wildman–Crippen MR) is 96.4 cm³/mol. The van der Waals surface area contributed by atoms with Crippen LogP contribution in [-0.2, 0) is 0 Å². The number of hydrogen-bond donors (Lipinski definition) is 1. The molecule has 1 fully saturated rings. The van der Waals surface area contributed by atoms with Gasteiger partial charge in [0.05, 0.1) is 11.1 Å². The van der Waals surface area contributed by atoms with Crippen LogP contribution < -0.4 is 4.90 Å². The number of benzene rings is 1. The number of carbonyl (C=O) groups excluding carboxylic acids is 1. The minimum absolute atomic E-state index is 0.0561. The average molecular weight is 327 g/mol. The van der Waals surface area contributed by atoms with Crippen LogP contribution in [0.4, 0.5) is 5.82 Å². The molecule has 0 aliphatic carbocycles. The molecule has 2 aromatic rings. The van der Waals surface area contributed by atoms with Gasteiger partial charge in [0.25, 0.3) is 5.91 Å². The van der Waals surface area contributed by atoms with Crippen molar-refractivity contribution in [3.8, 4) is 0 Å². The maximum absolute atomic E-state index is 13.2. The highest BCUT2D eigenvalue weighted by Gasteiger charge is 2.30. The Morgan fingerprint density at radius 3 is 2.79 bits per heavy atom. The molecule has 2 atom stereocenters. The number of hydrogen-bond acceptors (Lipinski definition) is 4. The number of aromatic nitrogens is 1. The number of piperidine rings is 1. The number of pyridine rings is 1. The van der Waals surface area contributed by atoms with Crippen molar-refractivity contribution in [2.75, 3.05) is 32.1 Å². The number of aliphatic hydroxyl groups excluding tert-OH is 1. The van der Waals surface area contributed by atoms with Gasteiger partial charge in [-0.2, -0.15) is 0 Å². The first-order valence-corrected chi connectivity index (χ1v) is 8.50. The minimum Gasteiger partial charge on any atom is -0.396 e. The highest BCUT2D eigenvalue weighted by molar-refractivity contribution is 6.07. The highest BCUT2D eigenvalue weighted by Crippen LogP contribution is 2.28. The van der Waals surface area contributed by atoms with Gasteiger partial charge in [0.1, 0.15) is 5.82 Å². The third-order valence-corrected chi connectivity index (χ3v) is 4.90. The van der Waals surface area contributed by atoms with Crippen molar-refractivity contribution in [2.45, 2.75) is 25.8 Å². The molecule has 1 aliphatic heterocycles. The summed E-state index contributed by atoms with van der Waals surface area (Å²) in [7, 11) is 3.86. The second kappa shape index (κ2) is 6.77. The van der Waals surface area contributed by atoms with E-state index in [9.17, 15) is 9.90 Å². The summed E-state index contributed by atoms with van der Waals surface area (Å²) >= 11 is 0. The van der Waals surface area contributed by atoms with Gasteiger partial charge in [0, 0.05) is 38.7 Å². The van der Waals surface area contributed by atoms with Crippen LogP contribution in [0.5, 0.6) is 0 Å². The molecule has 1 amide bonds. The first kappa shape index (κ1) is 16.7. The van der Waals surface area contributed by atoms with E-state index in [0.717, 1.165) is 29.6 Å². The van der Waals surface area contributed by atoms with E-state index in [1.807, 2.05) is 54.2 Å². The molecule has 3 rings (SSSR count). The number of nitrogens with zero attached hydrogens (tertiary/aromatic N) is 3. The van der Waals surface area contributed by atoms with Crippen molar-refractivity contribution in [1.29, 1.82) is 0 Å². The monoisotopic (exact) mass is 327 g/mol. The van der Waals surface area contributed by atoms with E-state index < -0.39 is 0 Å². The fraction of sp³-hybridized carbons (Fsp3) is 0.474. The normalized spacial score (nSPS) is 21.1. The summed E-state index contributed by atoms with van der Waals surface area (Å²) in [5, 5.41) is 10.3. The maximum atomic E-state index is 13.2. The Labute approximate surface area is 142 Å². The summed E-state index contributed by atoms with van der Waals surface area (Å²) in [6, 6.07) is 9.81. The lowest BCUT2D eigenvalue weighted by molar-refractivity contribution is 0.0517. The fourth-order valence-electron chi connectivity index (χ4n) is 3.46. The lowest BCUT2D eigenvalue weighted by Gasteiger charge is -2.37. The van der Waals surface area contributed by atoms with Crippen LogP contribution in [0, 0.1) is 5.92 Å². The molecule has 1 N–H and O–H groups in total. The van der Waals surface area contributed by atoms with Crippen molar-refractivity contribution in [1.82, 2.24) is 9.88 Å². The fourth-order valence-corrected chi connectivity index (χ4v) is 3.46. The van der Waals surface area contributed by atoms with Crippen LogP contribution in [0.3, 0.4) is 0 Å². The van der Waals surface area contributed by atoms with E-state index in [1.54, 1.807) is 0 Å². The zero-order valence-corrected chi connectivity index (χ0v) is 14.6. The van der Waals surface area contributed by atoms with Gasteiger partial charge < -0.3 is 14.9 Å². The van der Waals surface area contributed by atoms with Gasteiger partial charge in [-0.1, -0.05) is 18.2 Å². The molecular formula is C19H25N3O2. The van der Waals surface area contributed by atoms with Crippen LogP contribution >= 0.6 is 0 Å². The number of fused-ring (bicyclic) bond motifs is 1. The zero-order valence-electron chi connectivity index (χ0n) is 14.6. The molecule has 1 aromatic heterocycles. The van der Waals surface area contributed by atoms with Crippen molar-refractivity contribution in [3.05, 3.63) is 35.9 Å². The minimum atomic E-state index is 0.0561. The zero-order chi connectivity index (χ0) is 17.3. The van der Waals surface area contributed by atoms with Crippen molar-refractivity contribution in [2.24, 2.45) is 5.92 Å². The topological polar surface area (TPSA) is 56.7 Å². The van der Waals surface area contributed by atoms with Crippen LogP contribution in [0.1, 0.15) is 30.1 Å². The molecule has 1 aliphatic rings. The Bertz CT molecular complexity index is 744. The number of carbonyl (C=O) groups is 1.